The van der Waals surface area contributed by atoms with Crippen LogP contribution >= 0.6 is 0 Å². The Morgan fingerprint density at radius 1 is 0.957 bits per heavy atom. The fourth-order valence-electron chi connectivity index (χ4n) is 2.53. The topological polar surface area (TPSA) is 54.5 Å². The van der Waals surface area contributed by atoms with Gasteiger partial charge in [0.2, 0.25) is 0 Å². The molecule has 2 aromatic carbocycles. The van der Waals surface area contributed by atoms with Gasteiger partial charge >= 0.3 is 0 Å². The average Bonchev–Trinajstić information content (AvgIpc) is 2.81. The van der Waals surface area contributed by atoms with Crippen molar-refractivity contribution in [2.75, 3.05) is 6.54 Å². The van der Waals surface area contributed by atoms with Crippen molar-refractivity contribution in [2.24, 2.45) is 0 Å². The lowest BCUT2D eigenvalue weighted by molar-refractivity contribution is 0.0672. The summed E-state index contributed by atoms with van der Waals surface area (Å²) >= 11 is 0. The lowest BCUT2D eigenvalue weighted by Crippen LogP contribution is -2.29. The molecule has 0 radical (unpaired) electrons. The molecular formula is C19H15NO3. The highest BCUT2D eigenvalue weighted by molar-refractivity contribution is 6.21. The molecule has 3 rings (SSSR count). The predicted octanol–water partition coefficient (Wildman–Crippen LogP) is 3.20. The molecular weight excluding hydrogens is 290 g/mol. The van der Waals surface area contributed by atoms with Gasteiger partial charge in [0, 0.05) is 12.1 Å². The van der Waals surface area contributed by atoms with Crippen molar-refractivity contribution in [2.45, 2.75) is 6.92 Å². The maximum absolute atomic E-state index is 12.2. The van der Waals surface area contributed by atoms with Gasteiger partial charge in [0.05, 0.1) is 11.1 Å². The molecule has 1 aliphatic heterocycles. The van der Waals surface area contributed by atoms with Crippen molar-refractivity contribution in [1.82, 2.24) is 4.90 Å². The molecule has 4 nitrogen and oxygen atoms in total. The van der Waals surface area contributed by atoms with Gasteiger partial charge in [-0.05, 0) is 24.6 Å². The third kappa shape index (κ3) is 2.83. The Bertz CT molecular complexity index is 784. The maximum Gasteiger partial charge on any atom is 0.261 e. The van der Waals surface area contributed by atoms with E-state index in [0.29, 0.717) is 16.7 Å². The molecule has 114 valence electrons. The molecule has 0 unspecified atom stereocenters. The second-order valence-electron chi connectivity index (χ2n) is 5.35. The highest BCUT2D eigenvalue weighted by atomic mass is 16.2. The molecule has 0 aromatic heterocycles. The Balaban J connectivity index is 1.70. The number of nitrogens with zero attached hydrogens (tertiary/aromatic N) is 1. The Kier molecular flexibility index (Phi) is 3.89. The minimum Gasteiger partial charge on any atom is -0.295 e. The van der Waals surface area contributed by atoms with Crippen LogP contribution in [0.2, 0.25) is 0 Å². The van der Waals surface area contributed by atoms with Crippen LogP contribution in [0.5, 0.6) is 0 Å². The van der Waals surface area contributed by atoms with Crippen molar-refractivity contribution >= 4 is 23.7 Å². The highest BCUT2D eigenvalue weighted by Gasteiger charge is 2.33. The summed E-state index contributed by atoms with van der Waals surface area (Å²) in [5, 5.41) is 0. The van der Waals surface area contributed by atoms with Crippen LogP contribution in [0.1, 0.15) is 43.6 Å². The maximum atomic E-state index is 12.2. The zero-order chi connectivity index (χ0) is 16.4. The van der Waals surface area contributed by atoms with Crippen LogP contribution in [0.25, 0.3) is 6.08 Å². The van der Waals surface area contributed by atoms with Gasteiger partial charge in [0.1, 0.15) is 0 Å². The van der Waals surface area contributed by atoms with Crippen molar-refractivity contribution in [3.05, 3.63) is 76.9 Å². The fourth-order valence-corrected chi connectivity index (χ4v) is 2.53. The number of amides is 2. The van der Waals surface area contributed by atoms with Crippen molar-refractivity contribution in [3.63, 3.8) is 0 Å². The van der Waals surface area contributed by atoms with Crippen molar-refractivity contribution in [3.8, 4) is 0 Å². The number of hydrogen-bond donors (Lipinski definition) is 0. The first-order chi connectivity index (χ1) is 11.1. The van der Waals surface area contributed by atoms with Crippen LogP contribution in [0, 0.1) is 0 Å². The number of rotatable bonds is 4. The number of Topliss-reactive ketones (excluding diaryl/α,β-unsaturated/α-hetero) is 1. The van der Waals surface area contributed by atoms with Crippen LogP contribution in [-0.4, -0.2) is 29.0 Å². The number of carbonyl (C=O) groups excluding carboxylic acids is 3. The summed E-state index contributed by atoms with van der Waals surface area (Å²) in [6.07, 6.45) is 3.60. The largest absolute Gasteiger partial charge is 0.295 e. The molecule has 0 atom stereocenters. The van der Waals surface area contributed by atoms with Gasteiger partial charge in [-0.25, -0.2) is 0 Å². The first-order valence-corrected chi connectivity index (χ1v) is 7.30. The van der Waals surface area contributed by atoms with E-state index in [4.69, 9.17) is 0 Å². The van der Waals surface area contributed by atoms with Crippen molar-refractivity contribution in [1.29, 1.82) is 0 Å². The van der Waals surface area contributed by atoms with E-state index in [1.165, 1.54) is 11.8 Å². The molecule has 1 heterocycles. The molecule has 0 fully saturated rings. The number of ketones is 1. The van der Waals surface area contributed by atoms with E-state index in [9.17, 15) is 14.4 Å². The minimum atomic E-state index is -0.262. The molecule has 1 aliphatic rings. The standard InChI is InChI=1S/C19H15NO3/c1-13(21)15-10-8-14(9-11-15)5-4-12-20-18(22)16-6-2-3-7-17(16)19(20)23/h2-11H,12H2,1H3/b5-4+. The lowest BCUT2D eigenvalue weighted by Gasteiger charge is -2.10. The summed E-state index contributed by atoms with van der Waals surface area (Å²) in [7, 11) is 0. The summed E-state index contributed by atoms with van der Waals surface area (Å²) in [4.78, 5) is 36.9. The van der Waals surface area contributed by atoms with E-state index in [1.54, 1.807) is 42.5 Å². The van der Waals surface area contributed by atoms with Crippen LogP contribution < -0.4 is 0 Å². The fraction of sp³-hybridized carbons (Fsp3) is 0.105. The van der Waals surface area contributed by atoms with Gasteiger partial charge in [-0.2, -0.15) is 0 Å². The number of fused-ring (bicyclic) bond motifs is 1. The second-order valence-corrected chi connectivity index (χ2v) is 5.35. The predicted molar refractivity (Wildman–Crippen MR) is 87.3 cm³/mol. The van der Waals surface area contributed by atoms with E-state index in [0.717, 1.165) is 5.56 Å². The van der Waals surface area contributed by atoms with Gasteiger partial charge < -0.3 is 0 Å². The SMILES string of the molecule is CC(=O)c1ccc(/C=C/CN2C(=O)c3ccccc3C2=O)cc1. The zero-order valence-electron chi connectivity index (χ0n) is 12.7. The van der Waals surface area contributed by atoms with E-state index < -0.39 is 0 Å². The molecule has 23 heavy (non-hydrogen) atoms. The van der Waals surface area contributed by atoms with Crippen LogP contribution in [-0.2, 0) is 0 Å². The molecule has 4 heteroatoms. The van der Waals surface area contributed by atoms with Crippen molar-refractivity contribution < 1.29 is 14.4 Å². The molecule has 0 spiro atoms. The normalized spacial score (nSPS) is 13.7. The molecule has 0 bridgehead atoms. The molecule has 0 saturated heterocycles. The lowest BCUT2D eigenvalue weighted by atomic mass is 10.1. The second kappa shape index (κ2) is 6.01. The monoisotopic (exact) mass is 305 g/mol. The Morgan fingerprint density at radius 3 is 2.04 bits per heavy atom. The number of imide groups is 1. The quantitative estimate of drug-likeness (QED) is 0.644. The molecule has 2 amide bonds. The Labute approximate surface area is 134 Å². The molecule has 2 aromatic rings. The Hall–Kier alpha value is -3.01. The first kappa shape index (κ1) is 14.9. The zero-order valence-corrected chi connectivity index (χ0v) is 12.7. The van der Waals surface area contributed by atoms with Crippen LogP contribution in [0.4, 0.5) is 0 Å². The van der Waals surface area contributed by atoms with Gasteiger partial charge in [-0.1, -0.05) is 48.6 Å². The van der Waals surface area contributed by atoms with Gasteiger partial charge in [0.15, 0.2) is 5.78 Å². The van der Waals surface area contributed by atoms with E-state index in [1.807, 2.05) is 18.2 Å². The highest BCUT2D eigenvalue weighted by Crippen LogP contribution is 2.22. The molecule has 0 saturated carbocycles. The summed E-state index contributed by atoms with van der Waals surface area (Å²) in [6, 6.07) is 14.0. The van der Waals surface area contributed by atoms with Gasteiger partial charge in [0.25, 0.3) is 11.8 Å². The van der Waals surface area contributed by atoms with Gasteiger partial charge in [-0.3, -0.25) is 19.3 Å². The number of carbonyl (C=O) groups is 3. The van der Waals surface area contributed by atoms with E-state index in [2.05, 4.69) is 0 Å². The average molecular weight is 305 g/mol. The molecule has 0 N–H and O–H groups in total. The van der Waals surface area contributed by atoms with E-state index in [-0.39, 0.29) is 24.1 Å². The number of benzene rings is 2. The number of hydrogen-bond acceptors (Lipinski definition) is 3. The summed E-state index contributed by atoms with van der Waals surface area (Å²) < 4.78 is 0. The minimum absolute atomic E-state index is 0.0200. The molecule has 0 aliphatic carbocycles. The van der Waals surface area contributed by atoms with E-state index >= 15 is 0 Å². The van der Waals surface area contributed by atoms with Crippen LogP contribution in [0.3, 0.4) is 0 Å². The summed E-state index contributed by atoms with van der Waals surface area (Å²) in [6.45, 7) is 1.74. The third-order valence-electron chi connectivity index (χ3n) is 3.79. The first-order valence-electron chi connectivity index (χ1n) is 7.30. The summed E-state index contributed by atoms with van der Waals surface area (Å²) in [5.74, 6) is -0.504. The Morgan fingerprint density at radius 2 is 1.52 bits per heavy atom. The smallest absolute Gasteiger partial charge is 0.261 e. The van der Waals surface area contributed by atoms with Crippen LogP contribution in [0.15, 0.2) is 54.6 Å². The summed E-state index contributed by atoms with van der Waals surface area (Å²) in [5.41, 5.74) is 2.47. The third-order valence-corrected chi connectivity index (χ3v) is 3.79. The van der Waals surface area contributed by atoms with Gasteiger partial charge in [-0.15, -0.1) is 0 Å².